The van der Waals surface area contributed by atoms with Gasteiger partial charge >= 0.3 is 0 Å². The van der Waals surface area contributed by atoms with Gasteiger partial charge < -0.3 is 0 Å². The minimum atomic E-state index is 0.982. The molecule has 0 atom stereocenters. The Morgan fingerprint density at radius 2 is 2.09 bits per heavy atom. The zero-order chi connectivity index (χ0) is 8.27. The molecule has 0 unspecified atom stereocenters. The molecule has 0 fully saturated rings. The molecular weight excluding hydrogens is 138 g/mol. The van der Waals surface area contributed by atoms with E-state index in [1.54, 1.807) is 0 Å². The number of aromatic nitrogens is 3. The van der Waals surface area contributed by atoms with Gasteiger partial charge in [-0.1, -0.05) is 19.1 Å². The second kappa shape index (κ2) is 3.51. The van der Waals surface area contributed by atoms with Crippen molar-refractivity contribution in [3.63, 3.8) is 0 Å². The minimum absolute atomic E-state index is 0.982. The predicted octanol–water partition coefficient (Wildman–Crippen LogP) is 1.56. The lowest BCUT2D eigenvalue weighted by molar-refractivity contribution is 0.566. The maximum absolute atomic E-state index is 4.07. The lowest BCUT2D eigenvalue weighted by atomic mass is 10.3. The molecule has 11 heavy (non-hydrogen) atoms. The van der Waals surface area contributed by atoms with Crippen LogP contribution in [0.4, 0.5) is 0 Å². The van der Waals surface area contributed by atoms with Crippen molar-refractivity contribution in [1.29, 1.82) is 0 Å². The van der Waals surface area contributed by atoms with E-state index >= 15 is 0 Å². The van der Waals surface area contributed by atoms with Gasteiger partial charge in [0.25, 0.3) is 0 Å². The summed E-state index contributed by atoms with van der Waals surface area (Å²) in [5.41, 5.74) is 2.34. The Balaban J connectivity index is 2.82. The van der Waals surface area contributed by atoms with Crippen LogP contribution in [0.15, 0.2) is 0 Å². The van der Waals surface area contributed by atoms with Gasteiger partial charge in [-0.25, -0.2) is 4.68 Å². The van der Waals surface area contributed by atoms with Gasteiger partial charge in [0.05, 0.1) is 11.4 Å². The summed E-state index contributed by atoms with van der Waals surface area (Å²) in [6, 6.07) is 0. The third-order valence-electron chi connectivity index (χ3n) is 1.85. The first-order valence-electron chi connectivity index (χ1n) is 4.18. The second-order valence-electron chi connectivity index (χ2n) is 2.70. The summed E-state index contributed by atoms with van der Waals surface area (Å²) in [7, 11) is 0. The number of hydrogen-bond donors (Lipinski definition) is 0. The first kappa shape index (κ1) is 8.24. The first-order valence-corrected chi connectivity index (χ1v) is 4.18. The molecule has 0 spiro atoms. The molecule has 0 aromatic carbocycles. The Kier molecular flexibility index (Phi) is 2.63. The lowest BCUT2D eigenvalue weighted by Gasteiger charge is -1.98. The number of rotatable bonds is 3. The summed E-state index contributed by atoms with van der Waals surface area (Å²) in [5.74, 6) is 0. The highest BCUT2D eigenvalue weighted by atomic mass is 15.4. The van der Waals surface area contributed by atoms with Crippen molar-refractivity contribution in [2.45, 2.75) is 40.2 Å². The fourth-order valence-electron chi connectivity index (χ4n) is 1.15. The summed E-state index contributed by atoms with van der Waals surface area (Å²) >= 11 is 0. The van der Waals surface area contributed by atoms with E-state index in [2.05, 4.69) is 31.1 Å². The van der Waals surface area contributed by atoms with Crippen molar-refractivity contribution >= 4 is 0 Å². The van der Waals surface area contributed by atoms with E-state index in [1.165, 1.54) is 5.69 Å². The molecule has 1 rings (SSSR count). The number of nitrogens with zero attached hydrogens (tertiary/aromatic N) is 3. The zero-order valence-corrected chi connectivity index (χ0v) is 7.46. The van der Waals surface area contributed by atoms with E-state index in [9.17, 15) is 0 Å². The SMILES string of the molecule is CCCn1nnc(CC)c1C. The Labute approximate surface area is 67.4 Å². The van der Waals surface area contributed by atoms with E-state index in [0.29, 0.717) is 0 Å². The predicted molar refractivity (Wildman–Crippen MR) is 44.4 cm³/mol. The monoisotopic (exact) mass is 153 g/mol. The van der Waals surface area contributed by atoms with Crippen molar-refractivity contribution in [3.8, 4) is 0 Å². The molecule has 0 amide bonds. The molecule has 0 aliphatic carbocycles. The van der Waals surface area contributed by atoms with Crippen molar-refractivity contribution in [2.75, 3.05) is 0 Å². The first-order chi connectivity index (χ1) is 5.29. The molecule has 0 bridgehead atoms. The fourth-order valence-corrected chi connectivity index (χ4v) is 1.15. The molecular formula is C8H15N3. The second-order valence-corrected chi connectivity index (χ2v) is 2.70. The van der Waals surface area contributed by atoms with Crippen LogP contribution in [0.2, 0.25) is 0 Å². The van der Waals surface area contributed by atoms with Gasteiger partial charge in [0.15, 0.2) is 0 Å². The van der Waals surface area contributed by atoms with Crippen LogP contribution in [0, 0.1) is 6.92 Å². The van der Waals surface area contributed by atoms with Crippen molar-refractivity contribution in [1.82, 2.24) is 15.0 Å². The summed E-state index contributed by atoms with van der Waals surface area (Å²) < 4.78 is 1.97. The average molecular weight is 153 g/mol. The standard InChI is InChI=1S/C8H15N3/c1-4-6-11-7(3)8(5-2)9-10-11/h4-6H2,1-3H3. The molecule has 0 radical (unpaired) electrons. The third-order valence-corrected chi connectivity index (χ3v) is 1.85. The molecule has 0 aliphatic rings. The average Bonchev–Trinajstić information content (AvgIpc) is 2.34. The lowest BCUT2D eigenvalue weighted by Crippen LogP contribution is -2.01. The van der Waals surface area contributed by atoms with Crippen molar-refractivity contribution < 1.29 is 0 Å². The Morgan fingerprint density at radius 1 is 1.36 bits per heavy atom. The summed E-state index contributed by atoms with van der Waals surface area (Å²) in [4.78, 5) is 0. The van der Waals surface area contributed by atoms with Gasteiger partial charge in [0, 0.05) is 6.54 Å². The Morgan fingerprint density at radius 3 is 2.55 bits per heavy atom. The van der Waals surface area contributed by atoms with Crippen LogP contribution in [0.1, 0.15) is 31.7 Å². The minimum Gasteiger partial charge on any atom is -0.249 e. The van der Waals surface area contributed by atoms with Gasteiger partial charge in [0.1, 0.15) is 0 Å². The van der Waals surface area contributed by atoms with Crippen molar-refractivity contribution in [3.05, 3.63) is 11.4 Å². The highest BCUT2D eigenvalue weighted by molar-refractivity contribution is 5.06. The quantitative estimate of drug-likeness (QED) is 0.659. The summed E-state index contributed by atoms with van der Waals surface area (Å²) in [6.45, 7) is 7.31. The van der Waals surface area contributed by atoms with Crippen molar-refractivity contribution in [2.24, 2.45) is 0 Å². The van der Waals surface area contributed by atoms with Gasteiger partial charge in [-0.15, -0.1) is 5.10 Å². The molecule has 0 aliphatic heterocycles. The summed E-state index contributed by atoms with van der Waals surface area (Å²) in [6.07, 6.45) is 2.10. The fraction of sp³-hybridized carbons (Fsp3) is 0.750. The highest BCUT2D eigenvalue weighted by Gasteiger charge is 2.03. The topological polar surface area (TPSA) is 30.7 Å². The van der Waals surface area contributed by atoms with Gasteiger partial charge in [-0.05, 0) is 19.8 Å². The van der Waals surface area contributed by atoms with E-state index in [-0.39, 0.29) is 0 Å². The van der Waals surface area contributed by atoms with Gasteiger partial charge in [-0.3, -0.25) is 0 Å². The van der Waals surface area contributed by atoms with Gasteiger partial charge in [-0.2, -0.15) is 0 Å². The zero-order valence-electron chi connectivity index (χ0n) is 7.46. The van der Waals surface area contributed by atoms with Gasteiger partial charge in [0.2, 0.25) is 0 Å². The van der Waals surface area contributed by atoms with E-state index < -0.39 is 0 Å². The van der Waals surface area contributed by atoms with E-state index in [0.717, 1.165) is 25.1 Å². The Bertz CT molecular complexity index is 227. The number of aryl methyl sites for hydroxylation is 2. The molecule has 0 saturated carbocycles. The molecule has 3 heteroatoms. The Hall–Kier alpha value is -0.860. The van der Waals surface area contributed by atoms with Crippen LogP contribution in [-0.4, -0.2) is 15.0 Å². The van der Waals surface area contributed by atoms with E-state index in [1.807, 2.05) is 4.68 Å². The molecule has 1 aromatic rings. The van der Waals surface area contributed by atoms with E-state index in [4.69, 9.17) is 0 Å². The molecule has 0 saturated heterocycles. The maximum atomic E-state index is 4.07. The summed E-state index contributed by atoms with van der Waals surface area (Å²) in [5, 5.41) is 8.11. The molecule has 62 valence electrons. The van der Waals surface area contributed by atoms with Crippen LogP contribution in [-0.2, 0) is 13.0 Å². The maximum Gasteiger partial charge on any atom is 0.0853 e. The third kappa shape index (κ3) is 1.59. The normalized spacial score (nSPS) is 10.5. The molecule has 3 nitrogen and oxygen atoms in total. The van der Waals surface area contributed by atoms with Crippen LogP contribution >= 0.6 is 0 Å². The molecule has 1 aromatic heterocycles. The largest absolute Gasteiger partial charge is 0.249 e. The van der Waals surface area contributed by atoms with Crippen LogP contribution in [0.5, 0.6) is 0 Å². The van der Waals surface area contributed by atoms with Crippen LogP contribution in [0.25, 0.3) is 0 Å². The molecule has 0 N–H and O–H groups in total. The van der Waals surface area contributed by atoms with Crippen LogP contribution < -0.4 is 0 Å². The number of hydrogen-bond acceptors (Lipinski definition) is 2. The molecule has 1 heterocycles. The smallest absolute Gasteiger partial charge is 0.0853 e. The van der Waals surface area contributed by atoms with Crippen LogP contribution in [0.3, 0.4) is 0 Å². The highest BCUT2D eigenvalue weighted by Crippen LogP contribution is 2.03.